The van der Waals surface area contributed by atoms with Crippen LogP contribution >= 0.6 is 11.3 Å². The number of hydrogen-bond acceptors (Lipinski definition) is 4. The maximum absolute atomic E-state index is 5.64. The second-order valence-electron chi connectivity index (χ2n) is 16.5. The maximum Gasteiger partial charge on any atom is 0.120 e. The Labute approximate surface area is 341 Å². The van der Waals surface area contributed by atoms with Gasteiger partial charge in [0, 0.05) is 37.2 Å². The third kappa shape index (κ3) is 8.95. The van der Waals surface area contributed by atoms with Gasteiger partial charge in [0.1, 0.15) is 5.75 Å². The number of ether oxygens (including phenoxy) is 1. The van der Waals surface area contributed by atoms with Crippen LogP contribution in [0.3, 0.4) is 0 Å². The monoisotopic (exact) mass is 925 g/mol. The molecule has 1 atom stereocenters. The van der Waals surface area contributed by atoms with E-state index in [1.165, 1.54) is 53.2 Å². The van der Waals surface area contributed by atoms with Gasteiger partial charge in [0.05, 0.1) is 15.2 Å². The minimum atomic E-state index is -1.34. The quantitative estimate of drug-likeness (QED) is 0.118. The van der Waals surface area contributed by atoms with Crippen LogP contribution in [-0.2, 0) is 20.1 Å². The number of hydrogen-bond donors (Lipinski definition) is 0. The molecule has 7 aromatic rings. The summed E-state index contributed by atoms with van der Waals surface area (Å²) in [4.78, 5) is 9.47. The van der Waals surface area contributed by atoms with E-state index in [4.69, 9.17) is 9.72 Å². The Balaban J connectivity index is 0.000000239. The van der Waals surface area contributed by atoms with Gasteiger partial charge in [0.25, 0.3) is 0 Å². The molecule has 281 valence electrons. The second-order valence-corrected chi connectivity index (χ2v) is 22.6. The molecule has 0 fully saturated rings. The van der Waals surface area contributed by atoms with Crippen molar-refractivity contribution in [1.82, 2.24) is 9.97 Å². The number of nitrogens with zero attached hydrogens (tertiary/aromatic N) is 2. The van der Waals surface area contributed by atoms with Crippen LogP contribution in [0.1, 0.15) is 70.1 Å². The fourth-order valence-corrected chi connectivity index (χ4v) is 9.63. The molecule has 0 bridgehead atoms. The van der Waals surface area contributed by atoms with E-state index in [-0.39, 0.29) is 25.5 Å². The molecule has 0 saturated carbocycles. The number of fused-ring (bicyclic) bond motifs is 3. The first kappa shape index (κ1) is 41.2. The topological polar surface area (TPSA) is 35.0 Å². The molecule has 1 radical (unpaired) electrons. The summed E-state index contributed by atoms with van der Waals surface area (Å²) in [5.41, 5.74) is 10.7. The molecule has 3 aromatic heterocycles. The van der Waals surface area contributed by atoms with Gasteiger partial charge in [-0.3, -0.25) is 0 Å². The van der Waals surface area contributed by atoms with E-state index < -0.39 is 8.07 Å². The second kappa shape index (κ2) is 16.8. The Morgan fingerprint density at radius 2 is 1.43 bits per heavy atom. The fourth-order valence-electron chi connectivity index (χ4n) is 6.83. The molecule has 0 saturated heterocycles. The van der Waals surface area contributed by atoms with Gasteiger partial charge in [-0.15, -0.1) is 59.7 Å². The Morgan fingerprint density at radius 3 is 2.06 bits per heavy atom. The van der Waals surface area contributed by atoms with Gasteiger partial charge < -0.3 is 14.7 Å². The van der Waals surface area contributed by atoms with Crippen LogP contribution in [0.4, 0.5) is 0 Å². The van der Waals surface area contributed by atoms with Crippen molar-refractivity contribution in [1.29, 1.82) is 0 Å². The van der Waals surface area contributed by atoms with Crippen LogP contribution in [0, 0.1) is 24.5 Å². The third-order valence-corrected chi connectivity index (χ3v) is 13.5. The van der Waals surface area contributed by atoms with Crippen molar-refractivity contribution in [3.8, 4) is 39.4 Å². The molecular formula is C48H52IrN2OSSi-2. The fraction of sp³-hybridized carbons (Fsp3) is 0.292. The van der Waals surface area contributed by atoms with Gasteiger partial charge in [0.2, 0.25) is 0 Å². The summed E-state index contributed by atoms with van der Waals surface area (Å²) in [7, 11) is 0.393. The number of rotatable bonds is 7. The van der Waals surface area contributed by atoms with Gasteiger partial charge in [-0.2, -0.15) is 11.3 Å². The minimum Gasteiger partial charge on any atom is -0.497 e. The molecule has 0 aliphatic carbocycles. The molecule has 54 heavy (non-hydrogen) atoms. The Kier molecular flexibility index (Phi) is 12.9. The molecule has 3 heterocycles. The van der Waals surface area contributed by atoms with Gasteiger partial charge in [-0.05, 0) is 85.2 Å². The van der Waals surface area contributed by atoms with E-state index in [9.17, 15) is 0 Å². The number of methoxy groups -OCH3 is 1. The Bertz CT molecular complexity index is 2360. The Hall–Kier alpha value is -3.93. The predicted octanol–water partition coefficient (Wildman–Crippen LogP) is 13.3. The van der Waals surface area contributed by atoms with Crippen molar-refractivity contribution in [3.63, 3.8) is 0 Å². The normalized spacial score (nSPS) is 12.3. The average molecular weight is 925 g/mol. The van der Waals surface area contributed by atoms with Gasteiger partial charge in [-0.1, -0.05) is 115 Å². The zero-order valence-electron chi connectivity index (χ0n) is 33.5. The first-order chi connectivity index (χ1) is 25.2. The van der Waals surface area contributed by atoms with Crippen molar-refractivity contribution in [2.45, 2.75) is 79.9 Å². The van der Waals surface area contributed by atoms with Gasteiger partial charge >= 0.3 is 0 Å². The molecule has 3 nitrogen and oxygen atoms in total. The van der Waals surface area contributed by atoms with Gasteiger partial charge in [-0.25, -0.2) is 0 Å². The maximum atomic E-state index is 5.64. The van der Waals surface area contributed by atoms with Crippen LogP contribution in [0.25, 0.3) is 53.8 Å². The largest absolute Gasteiger partial charge is 0.497 e. The molecule has 1 unspecified atom stereocenters. The van der Waals surface area contributed by atoms with E-state index in [0.29, 0.717) is 11.8 Å². The van der Waals surface area contributed by atoms with Crippen molar-refractivity contribution in [3.05, 3.63) is 132 Å². The number of aromatic nitrogens is 2. The smallest absolute Gasteiger partial charge is 0.120 e. The molecule has 7 rings (SSSR count). The van der Waals surface area contributed by atoms with E-state index in [1.807, 2.05) is 24.4 Å². The summed E-state index contributed by atoms with van der Waals surface area (Å²) in [6.45, 7) is 23.0. The Morgan fingerprint density at radius 1 is 0.759 bits per heavy atom. The molecule has 0 aliphatic rings. The first-order valence-corrected chi connectivity index (χ1v) is 22.9. The predicted molar refractivity (Wildman–Crippen MR) is 232 cm³/mol. The molecule has 0 amide bonds. The number of thiophene rings is 1. The molecule has 0 aliphatic heterocycles. The van der Waals surface area contributed by atoms with E-state index >= 15 is 0 Å². The number of pyridine rings is 2. The molecule has 4 aromatic carbocycles. The summed E-state index contributed by atoms with van der Waals surface area (Å²) in [6, 6.07) is 38.5. The van der Waals surface area contributed by atoms with Crippen LogP contribution in [0.2, 0.25) is 19.6 Å². The summed E-state index contributed by atoms with van der Waals surface area (Å²) >= 11 is 1.79. The van der Waals surface area contributed by atoms with Gasteiger partial charge in [0.15, 0.2) is 0 Å². The third-order valence-electron chi connectivity index (χ3n) is 10.3. The van der Waals surface area contributed by atoms with Crippen molar-refractivity contribution >= 4 is 44.8 Å². The van der Waals surface area contributed by atoms with Crippen LogP contribution in [0.5, 0.6) is 5.75 Å². The van der Waals surface area contributed by atoms with Crippen molar-refractivity contribution < 1.29 is 24.8 Å². The summed E-state index contributed by atoms with van der Waals surface area (Å²) in [6.07, 6.45) is 4.11. The molecule has 6 heteroatoms. The molecule has 0 N–H and O–H groups in total. The standard InChI is InChI=1S/C31H30NOS.C17H22NSi.Ir/c1-19-18-32-27(17-24(19)20(2)31(3,4)5)22-12-13-28-26(14-22)30-25(21-10-8-7-9-11-21)15-23(33-6)16-29(30)34-28;1-13(2)15-11-16(14-9-7-6-8-10-14)18-12-17(15)19(3,4)5;/h7-11,13-18,20H,1-6H3;6-9,11-13H,1-5H3;/q2*-1;. The number of aryl methyl sites for hydroxylation is 1. The average Bonchev–Trinajstić information content (AvgIpc) is 3.52. The van der Waals surface area contributed by atoms with E-state index in [0.717, 1.165) is 28.3 Å². The first-order valence-electron chi connectivity index (χ1n) is 18.6. The molecule has 0 spiro atoms. The van der Waals surface area contributed by atoms with Crippen molar-refractivity contribution in [2.24, 2.45) is 5.41 Å². The minimum absolute atomic E-state index is 0. The van der Waals surface area contributed by atoms with E-state index in [1.54, 1.807) is 18.4 Å². The summed E-state index contributed by atoms with van der Waals surface area (Å²) in [5.74, 6) is 1.84. The van der Waals surface area contributed by atoms with Crippen LogP contribution in [-0.4, -0.2) is 25.2 Å². The molecular weight excluding hydrogens is 873 g/mol. The SMILES string of the molecule is CC(C)c1cc(-c2[c-]cccc2)ncc1[Si](C)(C)C.COc1cc(-c2ccccc2)c2c(c1)sc1c[c-]c(-c3cc(C(C)C(C)(C)C)c(C)cn3)cc12.[Ir]. The zero-order chi connectivity index (χ0) is 38.1. The summed E-state index contributed by atoms with van der Waals surface area (Å²) in [5, 5.41) is 3.97. The zero-order valence-corrected chi connectivity index (χ0v) is 37.7. The van der Waals surface area contributed by atoms with Crippen LogP contribution in [0.15, 0.2) is 103 Å². The van der Waals surface area contributed by atoms with Crippen molar-refractivity contribution in [2.75, 3.05) is 7.11 Å². The van der Waals surface area contributed by atoms with E-state index in [2.05, 4.69) is 164 Å². The number of benzene rings is 4. The van der Waals surface area contributed by atoms with Crippen LogP contribution < -0.4 is 9.92 Å². The summed E-state index contributed by atoms with van der Waals surface area (Å²) < 4.78 is 8.08.